The molecule has 12 heteroatoms. The van der Waals surface area contributed by atoms with Crippen molar-refractivity contribution in [3.8, 4) is 28.3 Å². The average molecular weight is 692 g/mol. The Morgan fingerprint density at radius 2 is 1.69 bits per heavy atom. The number of rotatable bonds is 7. The number of nitrogens with one attached hydrogen (secondary N) is 1. The van der Waals surface area contributed by atoms with Crippen LogP contribution in [0.1, 0.15) is 58.4 Å². The summed E-state index contributed by atoms with van der Waals surface area (Å²) in [6.45, 7) is 7.90. The number of nitrogens with zero attached hydrogens (tertiary/aromatic N) is 4. The van der Waals surface area contributed by atoms with Crippen LogP contribution in [0.3, 0.4) is 0 Å². The van der Waals surface area contributed by atoms with Crippen molar-refractivity contribution in [2.75, 3.05) is 41.3 Å². The van der Waals surface area contributed by atoms with Crippen LogP contribution in [0.2, 0.25) is 0 Å². The third-order valence-corrected chi connectivity index (χ3v) is 10.4. The van der Waals surface area contributed by atoms with Crippen LogP contribution in [0.25, 0.3) is 22.5 Å². The summed E-state index contributed by atoms with van der Waals surface area (Å²) in [6, 6.07) is 20.5. The quantitative estimate of drug-likeness (QED) is 0.223. The maximum Gasteiger partial charge on any atom is 0.280 e. The van der Waals surface area contributed by atoms with Gasteiger partial charge in [0, 0.05) is 30.5 Å². The van der Waals surface area contributed by atoms with E-state index in [2.05, 4.69) is 36.5 Å². The highest BCUT2D eigenvalue weighted by atomic mass is 32.2. The number of hydrogen-bond acceptors (Lipinski definition) is 9. The van der Waals surface area contributed by atoms with Crippen molar-refractivity contribution in [3.05, 3.63) is 78.5 Å². The number of benzene rings is 2. The molecule has 0 amide bonds. The number of aromatic nitrogens is 3. The minimum Gasteiger partial charge on any atom is -0.494 e. The standard InChI is InChI=1S/C36H45N5O5S2/c1-36(2,3)20-23-46-29-16-11-15-28(25-29)34-35-30-17-9-8-14-27(30)13-7-5-6-10-21-41(22-24-47(4,42)43)32-18-12-19-33(39-32)48(44,45)40-31(38-35)26-37-34/h8-9,11-12,14-19,25-26H,5-7,10,13,20-24H2,1-4H3,(H,38,40). The van der Waals surface area contributed by atoms with E-state index in [-0.39, 0.29) is 28.6 Å². The summed E-state index contributed by atoms with van der Waals surface area (Å²) in [5.74, 6) is 1.14. The van der Waals surface area contributed by atoms with Crippen molar-refractivity contribution in [2.24, 2.45) is 5.41 Å². The maximum atomic E-state index is 13.7. The Morgan fingerprint density at radius 1 is 0.917 bits per heavy atom. The molecule has 48 heavy (non-hydrogen) atoms. The van der Waals surface area contributed by atoms with Gasteiger partial charge >= 0.3 is 0 Å². The molecule has 1 aliphatic rings. The molecule has 0 atom stereocenters. The van der Waals surface area contributed by atoms with Gasteiger partial charge in [-0.05, 0) is 60.9 Å². The molecule has 0 saturated heterocycles. The van der Waals surface area contributed by atoms with Gasteiger partial charge in [0.2, 0.25) is 0 Å². The van der Waals surface area contributed by atoms with E-state index in [9.17, 15) is 16.8 Å². The number of aryl methyl sites for hydroxylation is 1. The van der Waals surface area contributed by atoms with Gasteiger partial charge in [0.15, 0.2) is 10.8 Å². The molecule has 1 aliphatic heterocycles. The molecule has 0 saturated carbocycles. The number of ether oxygens (including phenoxy) is 1. The van der Waals surface area contributed by atoms with Crippen molar-refractivity contribution < 1.29 is 21.6 Å². The van der Waals surface area contributed by atoms with Crippen LogP contribution in [0, 0.1) is 5.41 Å². The first-order chi connectivity index (χ1) is 22.8. The summed E-state index contributed by atoms with van der Waals surface area (Å²) >= 11 is 0. The lowest BCUT2D eigenvalue weighted by molar-refractivity contribution is 0.243. The van der Waals surface area contributed by atoms with Gasteiger partial charge in [-0.2, -0.15) is 8.42 Å². The smallest absolute Gasteiger partial charge is 0.280 e. The number of sulfone groups is 1. The van der Waals surface area contributed by atoms with Crippen LogP contribution in [-0.4, -0.2) is 63.5 Å². The Morgan fingerprint density at radius 3 is 2.48 bits per heavy atom. The zero-order valence-corrected chi connectivity index (χ0v) is 29.8. The van der Waals surface area contributed by atoms with E-state index in [0.29, 0.717) is 30.4 Å². The van der Waals surface area contributed by atoms with E-state index in [1.807, 2.05) is 47.4 Å². The molecule has 3 heterocycles. The highest BCUT2D eigenvalue weighted by Gasteiger charge is 2.22. The maximum absolute atomic E-state index is 13.7. The van der Waals surface area contributed by atoms with Gasteiger partial charge in [-0.1, -0.05) is 76.1 Å². The zero-order valence-electron chi connectivity index (χ0n) is 28.1. The fraction of sp³-hybridized carbons (Fsp3) is 0.417. The zero-order chi connectivity index (χ0) is 34.4. The largest absolute Gasteiger partial charge is 0.494 e. The molecular formula is C36H45N5O5S2. The fourth-order valence-corrected chi connectivity index (χ4v) is 7.02. The second-order valence-electron chi connectivity index (χ2n) is 13.5. The third-order valence-electron chi connectivity index (χ3n) is 8.18. The highest BCUT2D eigenvalue weighted by molar-refractivity contribution is 7.92. The first kappa shape index (κ1) is 35.3. The lowest BCUT2D eigenvalue weighted by Crippen LogP contribution is -2.31. The van der Waals surface area contributed by atoms with Crippen molar-refractivity contribution in [1.29, 1.82) is 0 Å². The molecule has 5 rings (SSSR count). The molecule has 0 radical (unpaired) electrons. The number of pyridine rings is 1. The number of sulfonamides is 1. The summed E-state index contributed by atoms with van der Waals surface area (Å²) in [4.78, 5) is 16.0. The Bertz CT molecular complexity index is 1940. The summed E-state index contributed by atoms with van der Waals surface area (Å²) in [6.07, 6.45) is 7.99. The van der Waals surface area contributed by atoms with Crippen LogP contribution in [0.4, 0.5) is 11.6 Å². The van der Waals surface area contributed by atoms with Gasteiger partial charge in [0.1, 0.15) is 21.4 Å². The van der Waals surface area contributed by atoms with Crippen molar-refractivity contribution in [3.63, 3.8) is 0 Å². The van der Waals surface area contributed by atoms with Crippen molar-refractivity contribution in [1.82, 2.24) is 15.0 Å². The van der Waals surface area contributed by atoms with E-state index in [1.54, 1.807) is 12.1 Å². The Kier molecular flexibility index (Phi) is 11.0. The van der Waals surface area contributed by atoms with Gasteiger partial charge in [0.05, 0.1) is 29.9 Å². The summed E-state index contributed by atoms with van der Waals surface area (Å²) in [5, 5.41) is -0.193. The van der Waals surface area contributed by atoms with Gasteiger partial charge in [-0.3, -0.25) is 9.71 Å². The monoisotopic (exact) mass is 691 g/mol. The predicted octanol–water partition coefficient (Wildman–Crippen LogP) is 6.79. The molecule has 0 spiro atoms. The molecular weight excluding hydrogens is 647 g/mol. The van der Waals surface area contributed by atoms with E-state index < -0.39 is 19.9 Å². The number of anilines is 2. The van der Waals surface area contributed by atoms with Crippen LogP contribution in [0.5, 0.6) is 5.75 Å². The second kappa shape index (κ2) is 15.0. The molecule has 0 fully saturated rings. The SMILES string of the molecule is CC(C)(C)CCOc1cccc(-c2ncc3nc2-c2ccccc2CCCCCCN(CCS(C)(=O)=O)c2cccc(n2)S(=O)(=O)N3)c1. The predicted molar refractivity (Wildman–Crippen MR) is 192 cm³/mol. The van der Waals surface area contributed by atoms with Crippen LogP contribution >= 0.6 is 0 Å². The highest BCUT2D eigenvalue weighted by Crippen LogP contribution is 2.35. The lowest BCUT2D eigenvalue weighted by Gasteiger charge is -2.24. The molecule has 1 N–H and O–H groups in total. The van der Waals surface area contributed by atoms with Crippen molar-refractivity contribution in [2.45, 2.75) is 64.3 Å². The molecule has 4 bridgehead atoms. The van der Waals surface area contributed by atoms with Gasteiger partial charge < -0.3 is 9.64 Å². The average Bonchev–Trinajstić information content (AvgIpc) is 3.03. The van der Waals surface area contributed by atoms with E-state index in [4.69, 9.17) is 14.7 Å². The summed E-state index contributed by atoms with van der Waals surface area (Å²) in [7, 11) is -7.40. The minimum absolute atomic E-state index is 0.0582. The molecule has 0 aliphatic carbocycles. The molecule has 2 aromatic heterocycles. The Labute approximate surface area is 285 Å². The van der Waals surface area contributed by atoms with Crippen molar-refractivity contribution >= 4 is 31.5 Å². The second-order valence-corrected chi connectivity index (χ2v) is 17.4. The van der Waals surface area contributed by atoms with E-state index >= 15 is 0 Å². The lowest BCUT2D eigenvalue weighted by atomic mass is 9.93. The molecule has 10 nitrogen and oxygen atoms in total. The van der Waals surface area contributed by atoms with E-state index in [1.165, 1.54) is 18.5 Å². The molecule has 256 valence electrons. The first-order valence-corrected chi connectivity index (χ1v) is 19.9. The Hall–Kier alpha value is -4.03. The molecule has 2 aromatic carbocycles. The van der Waals surface area contributed by atoms with Crippen LogP contribution in [-0.2, 0) is 26.3 Å². The normalized spacial score (nSPS) is 15.5. The molecule has 4 aromatic rings. The topological polar surface area (TPSA) is 131 Å². The number of hydrogen-bond donors (Lipinski definition) is 1. The van der Waals surface area contributed by atoms with Crippen LogP contribution < -0.4 is 14.4 Å². The first-order valence-electron chi connectivity index (χ1n) is 16.4. The summed E-state index contributed by atoms with van der Waals surface area (Å²) < 4.78 is 60.0. The summed E-state index contributed by atoms with van der Waals surface area (Å²) in [5.41, 5.74) is 4.12. The van der Waals surface area contributed by atoms with Gasteiger partial charge in [-0.15, -0.1) is 0 Å². The van der Waals surface area contributed by atoms with Crippen LogP contribution in [0.15, 0.2) is 78.0 Å². The molecule has 0 unspecified atom stereocenters. The van der Waals surface area contributed by atoms with E-state index in [0.717, 1.165) is 61.0 Å². The minimum atomic E-state index is -4.17. The number of fused-ring (bicyclic) bond motifs is 6. The third kappa shape index (κ3) is 9.76. The Balaban J connectivity index is 1.55. The fourth-order valence-electron chi connectivity index (χ4n) is 5.52. The van der Waals surface area contributed by atoms with Gasteiger partial charge in [-0.25, -0.2) is 18.4 Å². The van der Waals surface area contributed by atoms with Gasteiger partial charge in [0.25, 0.3) is 10.0 Å².